The molecule has 1 atom stereocenters. The van der Waals surface area contributed by atoms with E-state index in [1.165, 1.54) is 0 Å². The molecule has 2 aliphatic rings. The van der Waals surface area contributed by atoms with Crippen molar-refractivity contribution in [2.24, 2.45) is 5.41 Å². The van der Waals surface area contributed by atoms with Crippen LogP contribution in [0.25, 0.3) is 5.65 Å². The molecule has 2 amide bonds. The van der Waals surface area contributed by atoms with Crippen molar-refractivity contribution >= 4 is 17.5 Å². The zero-order chi connectivity index (χ0) is 23.0. The molecule has 174 valence electrons. The Balaban J connectivity index is 1.49. The number of aryl methyl sites for hydroxylation is 2. The van der Waals surface area contributed by atoms with Crippen LogP contribution in [0.15, 0.2) is 6.07 Å². The lowest BCUT2D eigenvalue weighted by atomic mass is 9.95. The van der Waals surface area contributed by atoms with E-state index in [0.717, 1.165) is 41.3 Å². The Morgan fingerprint density at radius 2 is 1.84 bits per heavy atom. The van der Waals surface area contributed by atoms with Gasteiger partial charge in [-0.2, -0.15) is 5.10 Å². The van der Waals surface area contributed by atoms with Gasteiger partial charge in [0.2, 0.25) is 11.8 Å². The second-order valence-electron chi connectivity index (χ2n) is 10.1. The van der Waals surface area contributed by atoms with Crippen molar-refractivity contribution in [1.82, 2.24) is 24.4 Å². The molecule has 8 nitrogen and oxygen atoms in total. The Labute approximate surface area is 189 Å². The second kappa shape index (κ2) is 8.81. The molecule has 8 heteroatoms. The van der Waals surface area contributed by atoms with Crippen LogP contribution in [0.1, 0.15) is 62.2 Å². The highest BCUT2D eigenvalue weighted by atomic mass is 16.5. The summed E-state index contributed by atoms with van der Waals surface area (Å²) < 4.78 is 7.25. The van der Waals surface area contributed by atoms with E-state index in [-0.39, 0.29) is 23.1 Å². The highest BCUT2D eigenvalue weighted by molar-refractivity contribution is 5.81. The second-order valence-corrected chi connectivity index (χ2v) is 10.1. The maximum atomic E-state index is 12.7. The summed E-state index contributed by atoms with van der Waals surface area (Å²) in [5.41, 5.74) is 4.53. The van der Waals surface area contributed by atoms with Crippen LogP contribution in [-0.4, -0.2) is 75.6 Å². The molecule has 32 heavy (non-hydrogen) atoms. The molecule has 0 aromatic carbocycles. The summed E-state index contributed by atoms with van der Waals surface area (Å²) in [6.07, 6.45) is 2.05. The summed E-state index contributed by atoms with van der Waals surface area (Å²) >= 11 is 0. The number of ether oxygens (including phenoxy) is 1. The monoisotopic (exact) mass is 441 g/mol. The van der Waals surface area contributed by atoms with Crippen molar-refractivity contribution in [2.75, 3.05) is 39.4 Å². The number of morpholine rings is 1. The van der Waals surface area contributed by atoms with Crippen molar-refractivity contribution in [3.8, 4) is 0 Å². The van der Waals surface area contributed by atoms with Crippen LogP contribution in [0.5, 0.6) is 0 Å². The average molecular weight is 442 g/mol. The normalized spacial score (nSPS) is 19.7. The fourth-order valence-electron chi connectivity index (χ4n) is 4.77. The average Bonchev–Trinajstić information content (AvgIpc) is 3.40. The van der Waals surface area contributed by atoms with Gasteiger partial charge in [0, 0.05) is 61.4 Å². The van der Waals surface area contributed by atoms with Crippen molar-refractivity contribution in [3.05, 3.63) is 28.7 Å². The van der Waals surface area contributed by atoms with E-state index < -0.39 is 0 Å². The lowest BCUT2D eigenvalue weighted by Crippen LogP contribution is -2.40. The molecular formula is C24H35N5O3. The number of amides is 2. The van der Waals surface area contributed by atoms with Crippen molar-refractivity contribution in [1.29, 1.82) is 0 Å². The fourth-order valence-corrected chi connectivity index (χ4v) is 4.77. The molecule has 0 N–H and O–H groups in total. The van der Waals surface area contributed by atoms with Gasteiger partial charge in [-0.25, -0.2) is 9.50 Å². The number of hydrogen-bond acceptors (Lipinski definition) is 5. The van der Waals surface area contributed by atoms with E-state index in [4.69, 9.17) is 14.8 Å². The van der Waals surface area contributed by atoms with Gasteiger partial charge < -0.3 is 14.5 Å². The molecule has 4 heterocycles. The van der Waals surface area contributed by atoms with Gasteiger partial charge in [0.25, 0.3) is 0 Å². The van der Waals surface area contributed by atoms with Gasteiger partial charge >= 0.3 is 0 Å². The highest BCUT2D eigenvalue weighted by Crippen LogP contribution is 2.30. The zero-order valence-electron chi connectivity index (χ0n) is 20.0. The molecule has 2 aromatic rings. The minimum atomic E-state index is -0.364. The third-order valence-electron chi connectivity index (χ3n) is 6.67. The van der Waals surface area contributed by atoms with Gasteiger partial charge in [-0.15, -0.1) is 0 Å². The Bertz CT molecular complexity index is 1020. The molecule has 2 aliphatic heterocycles. The van der Waals surface area contributed by atoms with Gasteiger partial charge in [0.05, 0.1) is 18.9 Å². The summed E-state index contributed by atoms with van der Waals surface area (Å²) in [4.78, 5) is 33.9. The Morgan fingerprint density at radius 3 is 2.53 bits per heavy atom. The quantitative estimate of drug-likeness (QED) is 0.728. The van der Waals surface area contributed by atoms with E-state index in [1.807, 2.05) is 42.0 Å². The Morgan fingerprint density at radius 1 is 1.12 bits per heavy atom. The van der Waals surface area contributed by atoms with Crippen LogP contribution in [0.4, 0.5) is 0 Å². The molecule has 2 aromatic heterocycles. The number of hydrogen-bond donors (Lipinski definition) is 0. The molecule has 0 unspecified atom stereocenters. The number of rotatable bonds is 4. The minimum absolute atomic E-state index is 0.169. The first-order valence-corrected chi connectivity index (χ1v) is 11.7. The predicted molar refractivity (Wildman–Crippen MR) is 122 cm³/mol. The molecule has 0 aliphatic carbocycles. The first-order chi connectivity index (χ1) is 15.1. The van der Waals surface area contributed by atoms with Crippen LogP contribution in [0.3, 0.4) is 0 Å². The van der Waals surface area contributed by atoms with Gasteiger partial charge in [-0.3, -0.25) is 9.59 Å². The Kier molecular flexibility index (Phi) is 6.25. The smallest absolute Gasteiger partial charge is 0.227 e. The largest absolute Gasteiger partial charge is 0.378 e. The van der Waals surface area contributed by atoms with Gasteiger partial charge in [0.1, 0.15) is 0 Å². The van der Waals surface area contributed by atoms with Crippen LogP contribution >= 0.6 is 0 Å². The predicted octanol–water partition coefficient (Wildman–Crippen LogP) is 2.50. The van der Waals surface area contributed by atoms with Crippen LogP contribution in [0, 0.1) is 19.3 Å². The number of carbonyl (C=O) groups excluding carboxylic acids is 2. The molecule has 0 bridgehead atoms. The number of likely N-dealkylation sites (tertiary alicyclic amines) is 1. The summed E-state index contributed by atoms with van der Waals surface area (Å²) in [5.74, 6) is 0.595. The van der Waals surface area contributed by atoms with Crippen LogP contribution in [-0.2, 0) is 20.7 Å². The molecule has 4 rings (SSSR count). The van der Waals surface area contributed by atoms with Crippen molar-refractivity contribution in [2.45, 2.75) is 59.8 Å². The van der Waals surface area contributed by atoms with Gasteiger partial charge in [-0.1, -0.05) is 20.8 Å². The molecular weight excluding hydrogens is 406 g/mol. The summed E-state index contributed by atoms with van der Waals surface area (Å²) in [6.45, 7) is 14.0. The summed E-state index contributed by atoms with van der Waals surface area (Å²) in [6, 6.07) is 2.05. The SMILES string of the molecule is Cc1nc2cc([C@H]3CCN(C(=O)C(C)(C)C)C3)nn2c(C)c1CCC(=O)N1CCOCC1. The topological polar surface area (TPSA) is 80.0 Å². The number of carbonyl (C=O) groups is 2. The third-order valence-corrected chi connectivity index (χ3v) is 6.67. The maximum absolute atomic E-state index is 12.7. The van der Waals surface area contributed by atoms with E-state index in [2.05, 4.69) is 13.0 Å². The van der Waals surface area contributed by atoms with Crippen LogP contribution in [0.2, 0.25) is 0 Å². The van der Waals surface area contributed by atoms with E-state index in [9.17, 15) is 9.59 Å². The number of aromatic nitrogens is 3. The zero-order valence-corrected chi connectivity index (χ0v) is 20.0. The maximum Gasteiger partial charge on any atom is 0.227 e. The van der Waals surface area contributed by atoms with Crippen molar-refractivity contribution in [3.63, 3.8) is 0 Å². The first-order valence-electron chi connectivity index (χ1n) is 11.7. The molecule has 0 radical (unpaired) electrons. The standard InChI is InChI=1S/C24H35N5O3/c1-16-19(6-7-22(30)27-10-12-32-13-11-27)17(2)29-21(25-16)14-20(26-29)18-8-9-28(15-18)23(31)24(3,4)5/h14,18H,6-13,15H2,1-5H3/t18-/m0/s1. The molecule has 2 fully saturated rings. The lowest BCUT2D eigenvalue weighted by molar-refractivity contribution is -0.138. The van der Waals surface area contributed by atoms with Gasteiger partial charge in [-0.05, 0) is 32.3 Å². The fraction of sp³-hybridized carbons (Fsp3) is 0.667. The number of fused-ring (bicyclic) bond motifs is 1. The molecule has 2 saturated heterocycles. The summed E-state index contributed by atoms with van der Waals surface area (Å²) in [5, 5.41) is 4.87. The molecule has 0 spiro atoms. The number of nitrogens with zero attached hydrogens (tertiary/aromatic N) is 5. The molecule has 0 saturated carbocycles. The lowest BCUT2D eigenvalue weighted by Gasteiger charge is -2.27. The third kappa shape index (κ3) is 4.51. The van der Waals surface area contributed by atoms with E-state index in [0.29, 0.717) is 45.7 Å². The van der Waals surface area contributed by atoms with Gasteiger partial charge in [0.15, 0.2) is 5.65 Å². The minimum Gasteiger partial charge on any atom is -0.378 e. The van der Waals surface area contributed by atoms with Crippen molar-refractivity contribution < 1.29 is 14.3 Å². The Hall–Kier alpha value is -2.48. The van der Waals surface area contributed by atoms with E-state index >= 15 is 0 Å². The van der Waals surface area contributed by atoms with Crippen LogP contribution < -0.4 is 0 Å². The highest BCUT2D eigenvalue weighted by Gasteiger charge is 2.34. The first kappa shape index (κ1) is 22.7. The summed E-state index contributed by atoms with van der Waals surface area (Å²) in [7, 11) is 0. The van der Waals surface area contributed by atoms with E-state index in [1.54, 1.807) is 0 Å².